The Hall–Kier alpha value is 0.160. The molecule has 0 N–H and O–H groups in total. The molecule has 0 spiro atoms. The van der Waals surface area contributed by atoms with E-state index in [0.29, 0.717) is 12.5 Å². The van der Waals surface area contributed by atoms with Crippen LogP contribution in [-0.2, 0) is 9.57 Å². The number of ether oxygens (including phenoxy) is 1. The fourth-order valence-electron chi connectivity index (χ4n) is 1.23. The van der Waals surface area contributed by atoms with Crippen molar-refractivity contribution in [1.82, 2.24) is 0 Å². The molecule has 2 heterocycles. The van der Waals surface area contributed by atoms with Crippen molar-refractivity contribution in [1.29, 1.82) is 0 Å². The summed E-state index contributed by atoms with van der Waals surface area (Å²) in [6.45, 7) is 1.52. The van der Waals surface area contributed by atoms with Crippen LogP contribution < -0.4 is 0 Å². The summed E-state index contributed by atoms with van der Waals surface area (Å²) in [6.07, 6.45) is 1.06. The number of rotatable bonds is 0. The Morgan fingerprint density at radius 3 is 3.30 bits per heavy atom. The van der Waals surface area contributed by atoms with Crippen LogP contribution in [0.4, 0.5) is 0 Å². The van der Waals surface area contributed by atoms with Gasteiger partial charge in [0.1, 0.15) is 0 Å². The van der Waals surface area contributed by atoms with Gasteiger partial charge in [-0.05, 0) is 29.0 Å². The lowest BCUT2D eigenvalue weighted by atomic mass is 10.0. The van der Waals surface area contributed by atoms with Crippen molar-refractivity contribution in [2.45, 2.75) is 10.5 Å². The van der Waals surface area contributed by atoms with E-state index in [9.17, 15) is 0 Å². The molecule has 2 atom stereocenters. The van der Waals surface area contributed by atoms with Gasteiger partial charge in [0.15, 0.2) is 4.11 Å². The van der Waals surface area contributed by atoms with Crippen molar-refractivity contribution in [3.63, 3.8) is 0 Å². The molecular weight excluding hydrogens is 245 g/mol. The van der Waals surface area contributed by atoms with E-state index in [2.05, 4.69) is 27.7 Å². The minimum atomic E-state index is 0.247. The molecule has 0 unspecified atom stereocenters. The molecule has 4 heteroatoms. The number of hydrogen-bond donors (Lipinski definition) is 0. The number of hydrogen-bond acceptors (Lipinski definition) is 3. The first-order valence-corrected chi connectivity index (χ1v) is 4.57. The van der Waals surface area contributed by atoms with E-state index in [1.54, 1.807) is 0 Å². The lowest BCUT2D eigenvalue weighted by Crippen LogP contribution is -2.29. The van der Waals surface area contributed by atoms with Gasteiger partial charge in [-0.25, -0.2) is 0 Å². The summed E-state index contributed by atoms with van der Waals surface area (Å²) in [5.41, 5.74) is 1.09. The van der Waals surface area contributed by atoms with Gasteiger partial charge in [-0.1, -0.05) is 5.16 Å². The highest BCUT2D eigenvalue weighted by molar-refractivity contribution is 14.1. The Balaban J connectivity index is 2.11. The fourth-order valence-corrected chi connectivity index (χ4v) is 2.12. The molecule has 1 saturated heterocycles. The van der Waals surface area contributed by atoms with Gasteiger partial charge in [0.05, 0.1) is 18.2 Å². The Morgan fingerprint density at radius 1 is 1.60 bits per heavy atom. The van der Waals surface area contributed by atoms with Gasteiger partial charge in [-0.15, -0.1) is 0 Å². The van der Waals surface area contributed by atoms with E-state index >= 15 is 0 Å². The van der Waals surface area contributed by atoms with Gasteiger partial charge < -0.3 is 9.57 Å². The molecular formula is C6H8INO2. The Morgan fingerprint density at radius 2 is 2.50 bits per heavy atom. The molecule has 10 heavy (non-hydrogen) atoms. The number of alkyl halides is 1. The van der Waals surface area contributed by atoms with E-state index in [-0.39, 0.29) is 4.11 Å². The summed E-state index contributed by atoms with van der Waals surface area (Å²) in [6, 6.07) is 0. The molecule has 1 fully saturated rings. The molecule has 3 nitrogen and oxygen atoms in total. The van der Waals surface area contributed by atoms with Crippen LogP contribution in [0.3, 0.4) is 0 Å². The van der Waals surface area contributed by atoms with Crippen LogP contribution in [-0.4, -0.2) is 23.0 Å². The number of fused-ring (bicyclic) bond motifs is 1. The average molecular weight is 253 g/mol. The third kappa shape index (κ3) is 1.03. The van der Waals surface area contributed by atoms with Crippen LogP contribution in [0.2, 0.25) is 0 Å². The zero-order chi connectivity index (χ0) is 6.97. The van der Waals surface area contributed by atoms with Gasteiger partial charge >= 0.3 is 0 Å². The number of nitrogens with zero attached hydrogens (tertiary/aromatic N) is 1. The van der Waals surface area contributed by atoms with Crippen molar-refractivity contribution >= 4 is 28.3 Å². The van der Waals surface area contributed by atoms with Crippen LogP contribution in [0.25, 0.3) is 0 Å². The van der Waals surface area contributed by atoms with Crippen molar-refractivity contribution in [3.8, 4) is 0 Å². The number of oxime groups is 1. The molecule has 2 aliphatic heterocycles. The zero-order valence-electron chi connectivity index (χ0n) is 5.42. The molecule has 56 valence electrons. The second-order valence-corrected chi connectivity index (χ2v) is 3.71. The minimum absolute atomic E-state index is 0.247. The van der Waals surface area contributed by atoms with Crippen LogP contribution in [0.15, 0.2) is 5.16 Å². The summed E-state index contributed by atoms with van der Waals surface area (Å²) >= 11 is 2.27. The first-order valence-electron chi connectivity index (χ1n) is 3.32. The quantitative estimate of drug-likeness (QED) is 0.479. The summed E-state index contributed by atoms with van der Waals surface area (Å²) in [5.74, 6) is 0.523. The lowest BCUT2D eigenvalue weighted by Gasteiger charge is -2.18. The van der Waals surface area contributed by atoms with Crippen LogP contribution in [0, 0.1) is 5.92 Å². The fraction of sp³-hybridized carbons (Fsp3) is 0.833. The van der Waals surface area contributed by atoms with Gasteiger partial charge in [0.25, 0.3) is 0 Å². The highest BCUT2D eigenvalue weighted by Crippen LogP contribution is 2.29. The maximum absolute atomic E-state index is 5.22. The van der Waals surface area contributed by atoms with Gasteiger partial charge in [-0.2, -0.15) is 0 Å². The molecule has 2 rings (SSSR count). The second-order valence-electron chi connectivity index (χ2n) is 2.49. The predicted molar refractivity (Wildman–Crippen MR) is 45.3 cm³/mol. The Kier molecular flexibility index (Phi) is 1.82. The molecule has 0 aromatic heterocycles. The van der Waals surface area contributed by atoms with E-state index in [4.69, 9.17) is 9.57 Å². The van der Waals surface area contributed by atoms with Crippen LogP contribution in [0.5, 0.6) is 0 Å². The van der Waals surface area contributed by atoms with Crippen molar-refractivity contribution < 1.29 is 9.57 Å². The maximum Gasteiger partial charge on any atom is 0.185 e. The van der Waals surface area contributed by atoms with E-state index < -0.39 is 0 Å². The standard InChI is InChI=1S/C6H8INO2/c7-6-4-1-2-9-3-5(4)8-10-6/h4,6H,1-3H2/t4-,6-/m1/s1. The second kappa shape index (κ2) is 2.65. The molecule has 0 saturated carbocycles. The summed E-state index contributed by atoms with van der Waals surface area (Å²) in [4.78, 5) is 5.09. The topological polar surface area (TPSA) is 30.8 Å². The third-order valence-corrected chi connectivity index (χ3v) is 2.93. The van der Waals surface area contributed by atoms with Crippen LogP contribution in [0.1, 0.15) is 6.42 Å². The third-order valence-electron chi connectivity index (χ3n) is 1.84. The molecule has 0 radical (unpaired) electrons. The highest BCUT2D eigenvalue weighted by atomic mass is 127. The highest BCUT2D eigenvalue weighted by Gasteiger charge is 2.34. The minimum Gasteiger partial charge on any atom is -0.381 e. The largest absolute Gasteiger partial charge is 0.381 e. The smallest absolute Gasteiger partial charge is 0.185 e. The van der Waals surface area contributed by atoms with E-state index in [1.807, 2.05) is 0 Å². The summed E-state index contributed by atoms with van der Waals surface area (Å²) in [7, 11) is 0. The predicted octanol–water partition coefficient (Wildman–Crippen LogP) is 1.17. The molecule has 2 aliphatic rings. The van der Waals surface area contributed by atoms with Crippen LogP contribution >= 0.6 is 22.6 Å². The van der Waals surface area contributed by atoms with Crippen molar-refractivity contribution in [2.75, 3.05) is 13.2 Å². The molecule has 0 bridgehead atoms. The monoisotopic (exact) mass is 253 g/mol. The normalized spacial score (nSPS) is 38.3. The summed E-state index contributed by atoms with van der Waals surface area (Å²) < 4.78 is 5.46. The Bertz CT molecular complexity index is 171. The summed E-state index contributed by atoms with van der Waals surface area (Å²) in [5, 5.41) is 3.92. The molecule has 0 aromatic carbocycles. The van der Waals surface area contributed by atoms with Crippen molar-refractivity contribution in [3.05, 3.63) is 0 Å². The zero-order valence-corrected chi connectivity index (χ0v) is 7.58. The first kappa shape index (κ1) is 6.84. The number of halogens is 1. The van der Waals surface area contributed by atoms with Gasteiger partial charge in [-0.3, -0.25) is 0 Å². The SMILES string of the molecule is I[C@@H]1ON=C2COCC[C@H]21. The lowest BCUT2D eigenvalue weighted by molar-refractivity contribution is 0.111. The molecule has 0 aliphatic carbocycles. The van der Waals surface area contributed by atoms with E-state index in [1.165, 1.54) is 0 Å². The van der Waals surface area contributed by atoms with E-state index in [0.717, 1.165) is 18.7 Å². The maximum atomic E-state index is 5.22. The first-order chi connectivity index (χ1) is 4.88. The van der Waals surface area contributed by atoms with Gasteiger partial charge in [0, 0.05) is 6.61 Å². The van der Waals surface area contributed by atoms with Gasteiger partial charge in [0.2, 0.25) is 0 Å². The average Bonchev–Trinajstić information content (AvgIpc) is 2.34. The Labute approximate surface area is 72.9 Å². The van der Waals surface area contributed by atoms with Crippen molar-refractivity contribution in [2.24, 2.45) is 11.1 Å². The molecule has 0 aromatic rings. The molecule has 0 amide bonds.